The van der Waals surface area contributed by atoms with Gasteiger partial charge in [0.25, 0.3) is 0 Å². The van der Waals surface area contributed by atoms with Crippen molar-refractivity contribution in [1.82, 2.24) is 15.5 Å². The monoisotopic (exact) mass is 318 g/mol. The standard InChI is InChI=1S/C18H30N4O/c1-6-19-18(21-12-11-20-17(23)14(2)3)22(5)13-16-9-7-15(4)8-10-16/h7-10,14H,6,11-13H2,1-5H3,(H,19,21)(H,20,23). The summed E-state index contributed by atoms with van der Waals surface area (Å²) in [4.78, 5) is 18.2. The van der Waals surface area contributed by atoms with Gasteiger partial charge in [-0.2, -0.15) is 0 Å². The van der Waals surface area contributed by atoms with E-state index in [2.05, 4.69) is 58.6 Å². The lowest BCUT2D eigenvalue weighted by atomic mass is 10.1. The van der Waals surface area contributed by atoms with Crippen molar-refractivity contribution in [3.8, 4) is 0 Å². The van der Waals surface area contributed by atoms with Crippen LogP contribution in [0.4, 0.5) is 0 Å². The van der Waals surface area contributed by atoms with Crippen LogP contribution in [0.15, 0.2) is 29.3 Å². The first-order valence-corrected chi connectivity index (χ1v) is 8.26. The molecule has 0 aliphatic heterocycles. The maximum atomic E-state index is 11.5. The summed E-state index contributed by atoms with van der Waals surface area (Å²) in [7, 11) is 2.02. The van der Waals surface area contributed by atoms with E-state index in [-0.39, 0.29) is 11.8 Å². The van der Waals surface area contributed by atoms with Gasteiger partial charge in [-0.1, -0.05) is 43.7 Å². The lowest BCUT2D eigenvalue weighted by Crippen LogP contribution is -2.39. The number of carbonyl (C=O) groups excluding carboxylic acids is 1. The quantitative estimate of drug-likeness (QED) is 0.460. The highest BCUT2D eigenvalue weighted by Crippen LogP contribution is 2.06. The highest BCUT2D eigenvalue weighted by molar-refractivity contribution is 5.80. The summed E-state index contributed by atoms with van der Waals surface area (Å²) < 4.78 is 0. The van der Waals surface area contributed by atoms with Crippen LogP contribution in [0.25, 0.3) is 0 Å². The Bertz CT molecular complexity index is 508. The number of rotatable bonds is 7. The summed E-state index contributed by atoms with van der Waals surface area (Å²) in [6, 6.07) is 8.51. The predicted molar refractivity (Wildman–Crippen MR) is 96.5 cm³/mol. The molecule has 0 saturated heterocycles. The molecule has 1 aromatic carbocycles. The van der Waals surface area contributed by atoms with Gasteiger partial charge in [0.2, 0.25) is 5.91 Å². The molecule has 1 amide bonds. The van der Waals surface area contributed by atoms with Crippen molar-refractivity contribution in [2.24, 2.45) is 10.9 Å². The molecule has 128 valence electrons. The van der Waals surface area contributed by atoms with E-state index >= 15 is 0 Å². The SMILES string of the molecule is CCNC(=NCCNC(=O)C(C)C)N(C)Cc1ccc(C)cc1. The van der Waals surface area contributed by atoms with Gasteiger partial charge < -0.3 is 15.5 Å². The number of benzene rings is 1. The average molecular weight is 318 g/mol. The van der Waals surface area contributed by atoms with Crippen molar-refractivity contribution >= 4 is 11.9 Å². The number of aliphatic imine (C=N–C) groups is 1. The number of hydrogen-bond acceptors (Lipinski definition) is 2. The Labute approximate surface area is 140 Å². The van der Waals surface area contributed by atoms with Gasteiger partial charge in [-0.05, 0) is 19.4 Å². The number of aryl methyl sites for hydroxylation is 1. The molecule has 0 saturated carbocycles. The molecule has 0 spiro atoms. The number of nitrogens with zero attached hydrogens (tertiary/aromatic N) is 2. The van der Waals surface area contributed by atoms with Crippen molar-refractivity contribution in [1.29, 1.82) is 0 Å². The van der Waals surface area contributed by atoms with E-state index in [0.29, 0.717) is 13.1 Å². The number of guanidine groups is 1. The van der Waals surface area contributed by atoms with Crippen LogP contribution >= 0.6 is 0 Å². The minimum atomic E-state index is 0.0106. The molecule has 0 bridgehead atoms. The Kier molecular flexibility index (Phi) is 8.16. The number of hydrogen-bond donors (Lipinski definition) is 2. The number of carbonyl (C=O) groups is 1. The van der Waals surface area contributed by atoms with Gasteiger partial charge in [0.1, 0.15) is 0 Å². The van der Waals surface area contributed by atoms with Crippen molar-refractivity contribution in [2.45, 2.75) is 34.2 Å². The normalized spacial score (nSPS) is 11.5. The highest BCUT2D eigenvalue weighted by Gasteiger charge is 2.07. The summed E-state index contributed by atoms with van der Waals surface area (Å²) >= 11 is 0. The summed E-state index contributed by atoms with van der Waals surface area (Å²) in [5, 5.41) is 6.17. The maximum Gasteiger partial charge on any atom is 0.222 e. The molecule has 5 nitrogen and oxygen atoms in total. The van der Waals surface area contributed by atoms with E-state index in [1.54, 1.807) is 0 Å². The Morgan fingerprint density at radius 1 is 1.22 bits per heavy atom. The Balaban J connectivity index is 2.56. The third kappa shape index (κ3) is 7.17. The Hall–Kier alpha value is -2.04. The molecule has 5 heteroatoms. The van der Waals surface area contributed by atoms with Crippen LogP contribution in [-0.2, 0) is 11.3 Å². The topological polar surface area (TPSA) is 56.7 Å². The van der Waals surface area contributed by atoms with Gasteiger partial charge >= 0.3 is 0 Å². The molecule has 0 aliphatic rings. The fraction of sp³-hybridized carbons (Fsp3) is 0.556. The highest BCUT2D eigenvalue weighted by atomic mass is 16.1. The molecule has 0 heterocycles. The molecule has 1 aromatic rings. The zero-order valence-corrected chi connectivity index (χ0v) is 15.0. The molecule has 1 rings (SSSR count). The molecule has 0 fully saturated rings. The van der Waals surface area contributed by atoms with Crippen molar-refractivity contribution in [3.05, 3.63) is 35.4 Å². The molecule has 0 atom stereocenters. The van der Waals surface area contributed by atoms with Crippen LogP contribution in [-0.4, -0.2) is 43.4 Å². The summed E-state index contributed by atoms with van der Waals surface area (Å²) in [5.74, 6) is 0.932. The van der Waals surface area contributed by atoms with Gasteiger partial charge in [0, 0.05) is 32.6 Å². The van der Waals surface area contributed by atoms with Gasteiger partial charge in [-0.3, -0.25) is 9.79 Å². The van der Waals surface area contributed by atoms with Crippen molar-refractivity contribution in [3.63, 3.8) is 0 Å². The predicted octanol–water partition coefficient (Wildman–Crippen LogP) is 2.16. The van der Waals surface area contributed by atoms with Gasteiger partial charge in [0.05, 0.1) is 6.54 Å². The van der Waals surface area contributed by atoms with E-state index in [1.165, 1.54) is 11.1 Å². The van der Waals surface area contributed by atoms with Gasteiger partial charge in [-0.25, -0.2) is 0 Å². The molecule has 23 heavy (non-hydrogen) atoms. The largest absolute Gasteiger partial charge is 0.357 e. The van der Waals surface area contributed by atoms with Crippen LogP contribution in [0.2, 0.25) is 0 Å². The Morgan fingerprint density at radius 2 is 1.87 bits per heavy atom. The van der Waals surface area contributed by atoms with Crippen LogP contribution < -0.4 is 10.6 Å². The summed E-state index contributed by atoms with van der Waals surface area (Å²) in [6.45, 7) is 10.7. The fourth-order valence-electron chi connectivity index (χ4n) is 2.06. The molecule has 2 N–H and O–H groups in total. The van der Waals surface area contributed by atoms with Crippen LogP contribution in [0.5, 0.6) is 0 Å². The minimum absolute atomic E-state index is 0.0106. The third-order valence-corrected chi connectivity index (χ3v) is 3.43. The molecular weight excluding hydrogens is 288 g/mol. The zero-order valence-electron chi connectivity index (χ0n) is 15.0. The minimum Gasteiger partial charge on any atom is -0.357 e. The second-order valence-corrected chi connectivity index (χ2v) is 6.02. The second kappa shape index (κ2) is 9.87. The average Bonchev–Trinajstić information content (AvgIpc) is 2.52. The fourth-order valence-corrected chi connectivity index (χ4v) is 2.06. The van der Waals surface area contributed by atoms with E-state index in [4.69, 9.17) is 0 Å². The van der Waals surface area contributed by atoms with Crippen molar-refractivity contribution in [2.75, 3.05) is 26.7 Å². The van der Waals surface area contributed by atoms with E-state index < -0.39 is 0 Å². The molecule has 0 radical (unpaired) electrons. The van der Waals surface area contributed by atoms with Gasteiger partial charge in [-0.15, -0.1) is 0 Å². The lowest BCUT2D eigenvalue weighted by molar-refractivity contribution is -0.123. The van der Waals surface area contributed by atoms with Crippen LogP contribution in [0.1, 0.15) is 31.9 Å². The third-order valence-electron chi connectivity index (χ3n) is 3.43. The summed E-state index contributed by atoms with van der Waals surface area (Å²) in [6.07, 6.45) is 0. The smallest absolute Gasteiger partial charge is 0.222 e. The molecule has 0 aliphatic carbocycles. The maximum absolute atomic E-state index is 11.5. The first kappa shape index (κ1) is 19.0. The second-order valence-electron chi connectivity index (χ2n) is 6.02. The number of nitrogens with one attached hydrogen (secondary N) is 2. The molecular formula is C18H30N4O. The first-order valence-electron chi connectivity index (χ1n) is 8.26. The van der Waals surface area contributed by atoms with Crippen molar-refractivity contribution < 1.29 is 4.79 Å². The van der Waals surface area contributed by atoms with E-state index in [9.17, 15) is 4.79 Å². The first-order chi connectivity index (χ1) is 10.9. The van der Waals surface area contributed by atoms with Gasteiger partial charge in [0.15, 0.2) is 5.96 Å². The van der Waals surface area contributed by atoms with E-state index in [1.807, 2.05) is 20.9 Å². The zero-order chi connectivity index (χ0) is 17.2. The number of amides is 1. The molecule has 0 aromatic heterocycles. The van der Waals surface area contributed by atoms with Crippen LogP contribution in [0.3, 0.4) is 0 Å². The summed E-state index contributed by atoms with van der Waals surface area (Å²) in [5.41, 5.74) is 2.51. The van der Waals surface area contributed by atoms with Crippen LogP contribution in [0, 0.1) is 12.8 Å². The lowest BCUT2D eigenvalue weighted by Gasteiger charge is -2.22. The molecule has 0 unspecified atom stereocenters. The van der Waals surface area contributed by atoms with E-state index in [0.717, 1.165) is 19.0 Å². The Morgan fingerprint density at radius 3 is 2.43 bits per heavy atom.